The van der Waals surface area contributed by atoms with Crippen molar-refractivity contribution < 1.29 is 9.90 Å². The zero-order valence-corrected chi connectivity index (χ0v) is 14.1. The number of fused-ring (bicyclic) bond motifs is 1. The standard InChI is InChI=1S/C19H20N4O2/c1-14-5-4-8-17(21-14)22-11-9-19(10-12-22,18(24)25)23-13-20-15-6-2-3-7-16(15)23/h2-8,13H,9-12H2,1H3,(H,24,25). The molecule has 0 aliphatic carbocycles. The maximum absolute atomic E-state index is 12.2. The summed E-state index contributed by atoms with van der Waals surface area (Å²) in [4.78, 5) is 23.3. The molecule has 1 aliphatic heterocycles. The van der Waals surface area contributed by atoms with Gasteiger partial charge in [-0.25, -0.2) is 14.8 Å². The lowest BCUT2D eigenvalue weighted by molar-refractivity contribution is -0.148. The van der Waals surface area contributed by atoms with E-state index in [4.69, 9.17) is 0 Å². The Morgan fingerprint density at radius 2 is 1.88 bits per heavy atom. The number of rotatable bonds is 3. The summed E-state index contributed by atoms with van der Waals surface area (Å²) >= 11 is 0. The normalized spacial score (nSPS) is 16.9. The molecule has 1 N–H and O–H groups in total. The molecule has 1 saturated heterocycles. The van der Waals surface area contributed by atoms with E-state index in [0.29, 0.717) is 25.9 Å². The Kier molecular flexibility index (Phi) is 3.67. The highest BCUT2D eigenvalue weighted by atomic mass is 16.4. The Hall–Kier alpha value is -2.89. The van der Waals surface area contributed by atoms with Crippen LogP contribution in [0.25, 0.3) is 11.0 Å². The first-order chi connectivity index (χ1) is 12.1. The zero-order chi connectivity index (χ0) is 17.4. The monoisotopic (exact) mass is 336 g/mol. The number of pyridine rings is 1. The fraction of sp³-hybridized carbons (Fsp3) is 0.316. The molecule has 0 bridgehead atoms. The summed E-state index contributed by atoms with van der Waals surface area (Å²) in [6.45, 7) is 3.26. The van der Waals surface area contributed by atoms with Crippen LogP contribution in [0.4, 0.5) is 5.82 Å². The molecule has 25 heavy (non-hydrogen) atoms. The molecule has 128 valence electrons. The van der Waals surface area contributed by atoms with Gasteiger partial charge in [-0.05, 0) is 44.0 Å². The molecular formula is C19H20N4O2. The van der Waals surface area contributed by atoms with Crippen LogP contribution in [0.2, 0.25) is 0 Å². The van der Waals surface area contributed by atoms with Crippen molar-refractivity contribution >= 4 is 22.8 Å². The van der Waals surface area contributed by atoms with E-state index in [1.807, 2.05) is 54.0 Å². The minimum absolute atomic E-state index is 0.512. The quantitative estimate of drug-likeness (QED) is 0.796. The second-order valence-electron chi connectivity index (χ2n) is 6.56. The molecule has 1 aliphatic rings. The first-order valence-corrected chi connectivity index (χ1v) is 8.45. The van der Waals surface area contributed by atoms with E-state index in [9.17, 15) is 9.90 Å². The number of aliphatic carboxylic acids is 1. The van der Waals surface area contributed by atoms with Crippen LogP contribution in [0.1, 0.15) is 18.5 Å². The lowest BCUT2D eigenvalue weighted by Crippen LogP contribution is -2.51. The Balaban J connectivity index is 1.67. The number of hydrogen-bond acceptors (Lipinski definition) is 4. The summed E-state index contributed by atoms with van der Waals surface area (Å²) in [5.74, 6) is 0.113. The Bertz CT molecular complexity index is 926. The summed E-state index contributed by atoms with van der Waals surface area (Å²) in [6, 6.07) is 13.6. The van der Waals surface area contributed by atoms with Crippen LogP contribution in [-0.2, 0) is 10.3 Å². The summed E-state index contributed by atoms with van der Waals surface area (Å²) in [6.07, 6.45) is 2.69. The van der Waals surface area contributed by atoms with Gasteiger partial charge in [0.2, 0.25) is 0 Å². The number of carboxylic acids is 1. The fourth-order valence-corrected chi connectivity index (χ4v) is 3.67. The second-order valence-corrected chi connectivity index (χ2v) is 6.56. The van der Waals surface area contributed by atoms with Gasteiger partial charge in [0.05, 0.1) is 17.4 Å². The van der Waals surface area contributed by atoms with Gasteiger partial charge in [0.25, 0.3) is 0 Å². The first kappa shape index (κ1) is 15.6. The van der Waals surface area contributed by atoms with Crippen LogP contribution in [0.15, 0.2) is 48.8 Å². The van der Waals surface area contributed by atoms with E-state index < -0.39 is 11.5 Å². The zero-order valence-electron chi connectivity index (χ0n) is 14.1. The molecule has 0 saturated carbocycles. The second kappa shape index (κ2) is 5.88. The van der Waals surface area contributed by atoms with Gasteiger partial charge in [0.1, 0.15) is 11.4 Å². The van der Waals surface area contributed by atoms with Gasteiger partial charge in [-0.1, -0.05) is 18.2 Å². The van der Waals surface area contributed by atoms with Crippen LogP contribution in [0, 0.1) is 6.92 Å². The molecule has 2 aromatic heterocycles. The van der Waals surface area contributed by atoms with Crippen molar-refractivity contribution in [3.8, 4) is 0 Å². The van der Waals surface area contributed by atoms with E-state index in [1.165, 1.54) is 0 Å². The van der Waals surface area contributed by atoms with Gasteiger partial charge in [-0.3, -0.25) is 0 Å². The van der Waals surface area contributed by atoms with E-state index in [-0.39, 0.29) is 0 Å². The molecule has 0 amide bonds. The fourth-order valence-electron chi connectivity index (χ4n) is 3.67. The first-order valence-electron chi connectivity index (χ1n) is 8.45. The van der Waals surface area contributed by atoms with Crippen molar-refractivity contribution in [3.63, 3.8) is 0 Å². The highest BCUT2D eigenvalue weighted by Gasteiger charge is 2.44. The van der Waals surface area contributed by atoms with Crippen molar-refractivity contribution in [1.29, 1.82) is 0 Å². The number of aromatic nitrogens is 3. The lowest BCUT2D eigenvalue weighted by atomic mass is 9.87. The van der Waals surface area contributed by atoms with E-state index in [0.717, 1.165) is 22.5 Å². The van der Waals surface area contributed by atoms with Crippen LogP contribution in [0.5, 0.6) is 0 Å². The summed E-state index contributed by atoms with van der Waals surface area (Å²) in [7, 11) is 0. The third-order valence-electron chi connectivity index (χ3n) is 5.10. The van der Waals surface area contributed by atoms with Crippen LogP contribution in [0.3, 0.4) is 0 Å². The van der Waals surface area contributed by atoms with Crippen LogP contribution in [-0.4, -0.2) is 38.7 Å². The number of piperidine rings is 1. The lowest BCUT2D eigenvalue weighted by Gasteiger charge is -2.40. The summed E-state index contributed by atoms with van der Waals surface area (Å²) in [5.41, 5.74) is 1.70. The van der Waals surface area contributed by atoms with Gasteiger partial charge < -0.3 is 14.6 Å². The smallest absolute Gasteiger partial charge is 0.330 e. The van der Waals surface area contributed by atoms with E-state index in [2.05, 4.69) is 14.9 Å². The third kappa shape index (κ3) is 2.54. The Morgan fingerprint density at radius 3 is 2.60 bits per heavy atom. The number of benzene rings is 1. The van der Waals surface area contributed by atoms with Crippen molar-refractivity contribution in [2.45, 2.75) is 25.3 Å². The van der Waals surface area contributed by atoms with Gasteiger partial charge in [-0.15, -0.1) is 0 Å². The van der Waals surface area contributed by atoms with Gasteiger partial charge in [0.15, 0.2) is 0 Å². The molecule has 0 spiro atoms. The third-order valence-corrected chi connectivity index (χ3v) is 5.10. The molecule has 3 heterocycles. The molecule has 6 nitrogen and oxygen atoms in total. The molecule has 0 unspecified atom stereocenters. The number of hydrogen-bond donors (Lipinski definition) is 1. The maximum Gasteiger partial charge on any atom is 0.330 e. The van der Waals surface area contributed by atoms with E-state index >= 15 is 0 Å². The molecule has 0 atom stereocenters. The largest absolute Gasteiger partial charge is 0.479 e. The van der Waals surface area contributed by atoms with Crippen LogP contribution < -0.4 is 4.90 Å². The number of imidazole rings is 1. The molecule has 1 aromatic carbocycles. The minimum atomic E-state index is -0.962. The van der Waals surface area contributed by atoms with Crippen molar-refractivity contribution in [1.82, 2.24) is 14.5 Å². The average molecular weight is 336 g/mol. The minimum Gasteiger partial charge on any atom is -0.479 e. The number of carbonyl (C=O) groups is 1. The SMILES string of the molecule is Cc1cccc(N2CCC(C(=O)O)(n3cnc4ccccc43)CC2)n1. The van der Waals surface area contributed by atoms with Crippen molar-refractivity contribution in [2.24, 2.45) is 0 Å². The van der Waals surface area contributed by atoms with Gasteiger partial charge in [-0.2, -0.15) is 0 Å². The average Bonchev–Trinajstić information content (AvgIpc) is 3.06. The number of carboxylic acid groups (broad SMARTS) is 1. The topological polar surface area (TPSA) is 71.2 Å². The Labute approximate surface area is 145 Å². The number of aryl methyl sites for hydroxylation is 1. The van der Waals surface area contributed by atoms with Crippen LogP contribution >= 0.6 is 0 Å². The Morgan fingerprint density at radius 1 is 1.12 bits per heavy atom. The molecular weight excluding hydrogens is 316 g/mol. The molecule has 6 heteroatoms. The molecule has 3 aromatic rings. The summed E-state index contributed by atoms with van der Waals surface area (Å²) < 4.78 is 1.84. The highest BCUT2D eigenvalue weighted by Crippen LogP contribution is 2.34. The maximum atomic E-state index is 12.2. The predicted molar refractivity (Wildman–Crippen MR) is 95.8 cm³/mol. The van der Waals surface area contributed by atoms with Gasteiger partial charge in [0, 0.05) is 18.8 Å². The highest BCUT2D eigenvalue weighted by molar-refractivity contribution is 5.82. The number of nitrogens with zero attached hydrogens (tertiary/aromatic N) is 4. The molecule has 4 rings (SSSR count). The van der Waals surface area contributed by atoms with E-state index in [1.54, 1.807) is 6.33 Å². The number of para-hydroxylation sites is 2. The predicted octanol–water partition coefficient (Wildman–Crippen LogP) is 2.82. The van der Waals surface area contributed by atoms with Crippen molar-refractivity contribution in [2.75, 3.05) is 18.0 Å². The van der Waals surface area contributed by atoms with Crippen molar-refractivity contribution in [3.05, 3.63) is 54.5 Å². The summed E-state index contributed by atoms with van der Waals surface area (Å²) in [5, 5.41) is 10.0. The van der Waals surface area contributed by atoms with Gasteiger partial charge >= 0.3 is 5.97 Å². The molecule has 0 radical (unpaired) electrons. The molecule has 1 fully saturated rings. The number of anilines is 1.